The number of hydrogen-bond donors (Lipinski definition) is 0. The normalized spacial score (nSPS) is 12.4. The quantitative estimate of drug-likeness (QED) is 0.511. The van der Waals surface area contributed by atoms with Gasteiger partial charge in [0.25, 0.3) is 0 Å². The summed E-state index contributed by atoms with van der Waals surface area (Å²) in [6.45, 7) is 0.928. The number of methoxy groups -OCH3 is 2. The van der Waals surface area contributed by atoms with E-state index in [0.717, 1.165) is 5.56 Å². The Labute approximate surface area is 182 Å². The van der Waals surface area contributed by atoms with Crippen LogP contribution in [0.15, 0.2) is 35.7 Å². The first-order chi connectivity index (χ1) is 14.6. The zero-order valence-corrected chi connectivity index (χ0v) is 17.8. The molecule has 1 aliphatic heterocycles. The van der Waals surface area contributed by atoms with Crippen LogP contribution in [0.25, 0.3) is 10.6 Å². The standard InChI is InChI=1S/C21H18ClNO6S/c1-25-16-5-3-4-13(18(16)26-2)20-23-15(11-30-20)21(24)29-10-12-8-14(22)19-17(9-12)27-6-7-28-19/h3-5,8-9,11H,6-7,10H2,1-2H3. The van der Waals surface area contributed by atoms with Crippen molar-refractivity contribution >= 4 is 28.9 Å². The van der Waals surface area contributed by atoms with E-state index in [0.29, 0.717) is 51.8 Å². The second-order valence-corrected chi connectivity index (χ2v) is 7.52. The summed E-state index contributed by atoms with van der Waals surface area (Å²) >= 11 is 7.54. The number of aromatic nitrogens is 1. The summed E-state index contributed by atoms with van der Waals surface area (Å²) in [5, 5.41) is 2.69. The van der Waals surface area contributed by atoms with Gasteiger partial charge < -0.3 is 23.7 Å². The molecule has 0 aliphatic carbocycles. The molecule has 2 aromatic carbocycles. The Bertz CT molecular complexity index is 1080. The van der Waals surface area contributed by atoms with Gasteiger partial charge >= 0.3 is 5.97 Å². The minimum atomic E-state index is -0.537. The van der Waals surface area contributed by atoms with Crippen LogP contribution in [0.2, 0.25) is 5.02 Å². The molecule has 0 amide bonds. The zero-order valence-electron chi connectivity index (χ0n) is 16.3. The minimum Gasteiger partial charge on any atom is -0.493 e. The van der Waals surface area contributed by atoms with Crippen LogP contribution in [0.4, 0.5) is 0 Å². The largest absolute Gasteiger partial charge is 0.493 e. The topological polar surface area (TPSA) is 76.1 Å². The SMILES string of the molecule is COc1cccc(-c2nc(C(=O)OCc3cc(Cl)c4c(c3)OCCO4)cs2)c1OC. The molecule has 0 unspecified atom stereocenters. The zero-order chi connectivity index (χ0) is 21.1. The smallest absolute Gasteiger partial charge is 0.358 e. The first-order valence-corrected chi connectivity index (χ1v) is 10.3. The van der Waals surface area contributed by atoms with Crippen LogP contribution in [-0.4, -0.2) is 38.4 Å². The van der Waals surface area contributed by atoms with Gasteiger partial charge in [0.2, 0.25) is 0 Å². The van der Waals surface area contributed by atoms with E-state index in [2.05, 4.69) is 4.98 Å². The fourth-order valence-corrected chi connectivity index (χ4v) is 4.12. The number of para-hydroxylation sites is 1. The summed E-state index contributed by atoms with van der Waals surface area (Å²) in [6, 6.07) is 8.93. The second-order valence-electron chi connectivity index (χ2n) is 6.26. The number of halogens is 1. The van der Waals surface area contributed by atoms with E-state index in [4.69, 9.17) is 35.3 Å². The predicted molar refractivity (Wildman–Crippen MR) is 112 cm³/mol. The van der Waals surface area contributed by atoms with Gasteiger partial charge in [0.05, 0.1) is 24.8 Å². The number of carbonyl (C=O) groups excluding carboxylic acids is 1. The van der Waals surface area contributed by atoms with Gasteiger partial charge in [0, 0.05) is 5.38 Å². The maximum Gasteiger partial charge on any atom is 0.358 e. The first kappa shape index (κ1) is 20.3. The molecule has 4 rings (SSSR count). The number of rotatable bonds is 6. The van der Waals surface area contributed by atoms with E-state index in [1.165, 1.54) is 11.3 Å². The van der Waals surface area contributed by atoms with Gasteiger partial charge in [-0.15, -0.1) is 11.3 Å². The Balaban J connectivity index is 1.49. The second kappa shape index (κ2) is 8.81. The molecule has 156 valence electrons. The van der Waals surface area contributed by atoms with Crippen LogP contribution in [-0.2, 0) is 11.3 Å². The molecule has 0 atom stereocenters. The molecule has 3 aromatic rings. The number of nitrogens with zero attached hydrogens (tertiary/aromatic N) is 1. The molecule has 1 aliphatic rings. The molecule has 0 spiro atoms. The maximum absolute atomic E-state index is 12.5. The van der Waals surface area contributed by atoms with Gasteiger partial charge in [-0.1, -0.05) is 17.7 Å². The molecule has 0 fully saturated rings. The fraction of sp³-hybridized carbons (Fsp3) is 0.238. The summed E-state index contributed by atoms with van der Waals surface area (Å²) in [7, 11) is 3.12. The van der Waals surface area contributed by atoms with Crippen LogP contribution in [0.5, 0.6) is 23.0 Å². The van der Waals surface area contributed by atoms with Crippen molar-refractivity contribution in [3.8, 4) is 33.6 Å². The number of esters is 1. The Morgan fingerprint density at radius 1 is 1.20 bits per heavy atom. The van der Waals surface area contributed by atoms with Crippen LogP contribution >= 0.6 is 22.9 Å². The van der Waals surface area contributed by atoms with Gasteiger partial charge in [0.1, 0.15) is 24.8 Å². The van der Waals surface area contributed by atoms with Crippen molar-refractivity contribution in [1.29, 1.82) is 0 Å². The Kier molecular flexibility index (Phi) is 5.96. The molecule has 30 heavy (non-hydrogen) atoms. The third-order valence-electron chi connectivity index (χ3n) is 4.37. The molecule has 1 aromatic heterocycles. The molecule has 0 saturated carbocycles. The van der Waals surface area contributed by atoms with Crippen molar-refractivity contribution in [2.24, 2.45) is 0 Å². The number of ether oxygens (including phenoxy) is 5. The summed E-state index contributed by atoms with van der Waals surface area (Å²) in [5.41, 5.74) is 1.64. The van der Waals surface area contributed by atoms with E-state index in [1.807, 2.05) is 12.1 Å². The highest BCUT2D eigenvalue weighted by Gasteiger charge is 2.20. The molecule has 7 nitrogen and oxygen atoms in total. The lowest BCUT2D eigenvalue weighted by atomic mass is 10.2. The lowest BCUT2D eigenvalue weighted by Gasteiger charge is -2.20. The monoisotopic (exact) mass is 447 g/mol. The summed E-state index contributed by atoms with van der Waals surface area (Å²) in [4.78, 5) is 16.9. The van der Waals surface area contributed by atoms with Crippen LogP contribution < -0.4 is 18.9 Å². The average molecular weight is 448 g/mol. The van der Waals surface area contributed by atoms with Crippen LogP contribution in [0, 0.1) is 0 Å². The molecular formula is C21H18ClNO6S. The highest BCUT2D eigenvalue weighted by Crippen LogP contribution is 2.40. The number of fused-ring (bicyclic) bond motifs is 1. The van der Waals surface area contributed by atoms with Crippen molar-refractivity contribution < 1.29 is 28.5 Å². The fourth-order valence-electron chi connectivity index (χ4n) is 3.02. The molecule has 2 heterocycles. The van der Waals surface area contributed by atoms with E-state index < -0.39 is 5.97 Å². The van der Waals surface area contributed by atoms with Crippen molar-refractivity contribution in [2.45, 2.75) is 6.61 Å². The van der Waals surface area contributed by atoms with E-state index in [1.54, 1.807) is 37.8 Å². The maximum atomic E-state index is 12.5. The number of thiazole rings is 1. The molecule has 9 heteroatoms. The van der Waals surface area contributed by atoms with Crippen LogP contribution in [0.1, 0.15) is 16.1 Å². The molecular weight excluding hydrogens is 430 g/mol. The number of benzene rings is 2. The number of carbonyl (C=O) groups is 1. The van der Waals surface area contributed by atoms with Crippen molar-refractivity contribution in [3.05, 3.63) is 52.0 Å². The molecule has 0 bridgehead atoms. The van der Waals surface area contributed by atoms with Gasteiger partial charge in [0.15, 0.2) is 28.7 Å². The highest BCUT2D eigenvalue weighted by molar-refractivity contribution is 7.13. The minimum absolute atomic E-state index is 0.0323. The highest BCUT2D eigenvalue weighted by atomic mass is 35.5. The van der Waals surface area contributed by atoms with Gasteiger partial charge in [-0.05, 0) is 29.8 Å². The van der Waals surface area contributed by atoms with E-state index in [9.17, 15) is 4.79 Å². The summed E-state index contributed by atoms with van der Waals surface area (Å²) < 4.78 is 27.2. The van der Waals surface area contributed by atoms with E-state index in [-0.39, 0.29) is 12.3 Å². The van der Waals surface area contributed by atoms with Gasteiger partial charge in [-0.3, -0.25) is 0 Å². The Morgan fingerprint density at radius 3 is 2.83 bits per heavy atom. The first-order valence-electron chi connectivity index (χ1n) is 9.02. The summed E-state index contributed by atoms with van der Waals surface area (Å²) in [6.07, 6.45) is 0. The third kappa shape index (κ3) is 4.01. The molecule has 0 N–H and O–H groups in total. The van der Waals surface area contributed by atoms with Crippen molar-refractivity contribution in [2.75, 3.05) is 27.4 Å². The lowest BCUT2D eigenvalue weighted by Crippen LogP contribution is -2.16. The van der Waals surface area contributed by atoms with Crippen LogP contribution in [0.3, 0.4) is 0 Å². The molecule has 0 radical (unpaired) electrons. The Hall–Kier alpha value is -2.97. The van der Waals surface area contributed by atoms with Crippen molar-refractivity contribution in [1.82, 2.24) is 4.98 Å². The van der Waals surface area contributed by atoms with Crippen molar-refractivity contribution in [3.63, 3.8) is 0 Å². The molecule has 0 saturated heterocycles. The van der Waals surface area contributed by atoms with E-state index >= 15 is 0 Å². The third-order valence-corrected chi connectivity index (χ3v) is 5.53. The predicted octanol–water partition coefficient (Wildman–Crippen LogP) is 4.61. The Morgan fingerprint density at radius 2 is 2.03 bits per heavy atom. The van der Waals surface area contributed by atoms with Gasteiger partial charge in [-0.25, -0.2) is 9.78 Å². The number of hydrogen-bond acceptors (Lipinski definition) is 8. The van der Waals surface area contributed by atoms with Gasteiger partial charge in [-0.2, -0.15) is 0 Å². The lowest BCUT2D eigenvalue weighted by molar-refractivity contribution is 0.0466. The summed E-state index contributed by atoms with van der Waals surface area (Å²) in [5.74, 6) is 1.66. The average Bonchev–Trinajstić information content (AvgIpc) is 3.27.